The number of fused-ring (bicyclic) bond motifs is 5. The van der Waals surface area contributed by atoms with Gasteiger partial charge >= 0.3 is 0 Å². The summed E-state index contributed by atoms with van der Waals surface area (Å²) in [6, 6.07) is 0.360. The number of carbonyl (C=O) groups excluding carboxylic acids is 1. The number of anilines is 1. The van der Waals surface area contributed by atoms with Gasteiger partial charge in [0.25, 0.3) is 5.91 Å². The molecule has 0 aromatic carbocycles. The molecule has 0 unspecified atom stereocenters. The summed E-state index contributed by atoms with van der Waals surface area (Å²) in [6.45, 7) is 0.431. The first-order chi connectivity index (χ1) is 13.2. The van der Waals surface area contributed by atoms with Gasteiger partial charge in [-0.1, -0.05) is 18.0 Å². The lowest BCUT2D eigenvalue weighted by molar-refractivity contribution is 0.0949. The lowest BCUT2D eigenvalue weighted by Gasteiger charge is -2.17. The number of rotatable bonds is 2. The molecule has 0 bridgehead atoms. The molecular formula is C19H20N6O2. The van der Waals surface area contributed by atoms with Gasteiger partial charge in [-0.3, -0.25) is 4.79 Å². The van der Waals surface area contributed by atoms with Gasteiger partial charge in [-0.2, -0.15) is 0 Å². The smallest absolute Gasteiger partial charge is 0.257 e. The summed E-state index contributed by atoms with van der Waals surface area (Å²) in [5, 5.41) is 8.19. The van der Waals surface area contributed by atoms with Gasteiger partial charge in [-0.15, -0.1) is 0 Å². The minimum Gasteiger partial charge on any atom is -0.383 e. The number of nitrogens with zero attached hydrogens (tertiary/aromatic N) is 4. The maximum Gasteiger partial charge on any atom is 0.257 e. The van der Waals surface area contributed by atoms with E-state index in [1.54, 1.807) is 0 Å². The van der Waals surface area contributed by atoms with E-state index in [-0.39, 0.29) is 5.91 Å². The summed E-state index contributed by atoms with van der Waals surface area (Å²) in [4.78, 5) is 21.6. The van der Waals surface area contributed by atoms with Gasteiger partial charge in [0.05, 0.1) is 11.9 Å². The van der Waals surface area contributed by atoms with Crippen molar-refractivity contribution in [1.82, 2.24) is 25.0 Å². The Morgan fingerprint density at radius 2 is 1.96 bits per heavy atom. The third-order valence-electron chi connectivity index (χ3n) is 6.15. The third kappa shape index (κ3) is 2.03. The second-order valence-corrected chi connectivity index (χ2v) is 7.81. The third-order valence-corrected chi connectivity index (χ3v) is 6.15. The molecule has 0 radical (unpaired) electrons. The molecule has 8 heteroatoms. The van der Waals surface area contributed by atoms with Crippen molar-refractivity contribution in [1.29, 1.82) is 0 Å². The van der Waals surface area contributed by atoms with Crippen molar-refractivity contribution < 1.29 is 9.32 Å². The molecule has 2 aliphatic carbocycles. The zero-order valence-electron chi connectivity index (χ0n) is 14.9. The highest BCUT2D eigenvalue weighted by atomic mass is 16.5. The Bertz CT molecular complexity index is 1090. The van der Waals surface area contributed by atoms with Crippen molar-refractivity contribution in [3.63, 3.8) is 0 Å². The summed E-state index contributed by atoms with van der Waals surface area (Å²) in [5.41, 5.74) is 10.1. The molecule has 27 heavy (non-hydrogen) atoms. The molecule has 0 saturated heterocycles. The number of amides is 1. The van der Waals surface area contributed by atoms with E-state index in [1.807, 2.05) is 0 Å². The van der Waals surface area contributed by atoms with Crippen LogP contribution in [-0.2, 0) is 6.54 Å². The van der Waals surface area contributed by atoms with Crippen LogP contribution in [0.15, 0.2) is 10.9 Å². The molecular weight excluding hydrogens is 344 g/mol. The maximum absolute atomic E-state index is 12.9. The molecule has 1 amide bonds. The first-order valence-electron chi connectivity index (χ1n) is 9.65. The van der Waals surface area contributed by atoms with E-state index < -0.39 is 0 Å². The van der Waals surface area contributed by atoms with Crippen molar-refractivity contribution in [2.75, 3.05) is 5.73 Å². The zero-order valence-corrected chi connectivity index (χ0v) is 14.9. The van der Waals surface area contributed by atoms with Crippen LogP contribution < -0.4 is 11.1 Å². The predicted molar refractivity (Wildman–Crippen MR) is 98.1 cm³/mol. The number of nitrogens with one attached hydrogen (secondary N) is 1. The number of hydrogen-bond donors (Lipinski definition) is 2. The molecule has 1 aliphatic heterocycles. The summed E-state index contributed by atoms with van der Waals surface area (Å²) in [7, 11) is 0. The molecule has 8 nitrogen and oxygen atoms in total. The zero-order chi connectivity index (χ0) is 18.1. The maximum atomic E-state index is 12.9. The van der Waals surface area contributed by atoms with Crippen LogP contribution in [-0.4, -0.2) is 25.6 Å². The highest BCUT2D eigenvalue weighted by molar-refractivity contribution is 6.09. The van der Waals surface area contributed by atoms with Crippen LogP contribution in [0.2, 0.25) is 0 Å². The summed E-state index contributed by atoms with van der Waals surface area (Å²) >= 11 is 0. The van der Waals surface area contributed by atoms with E-state index in [0.29, 0.717) is 41.3 Å². The minimum atomic E-state index is -0.120. The number of hydrogen-bond acceptors (Lipinski definition) is 6. The second-order valence-electron chi connectivity index (χ2n) is 7.81. The Hall–Kier alpha value is -2.90. The Morgan fingerprint density at radius 3 is 2.74 bits per heavy atom. The van der Waals surface area contributed by atoms with Gasteiger partial charge in [0.2, 0.25) is 0 Å². The fraction of sp³-hybridized carbons (Fsp3) is 0.474. The number of nitrogen functional groups attached to an aromatic ring is 1. The fourth-order valence-corrected chi connectivity index (χ4v) is 4.76. The van der Waals surface area contributed by atoms with Crippen molar-refractivity contribution in [2.45, 2.75) is 57.0 Å². The summed E-state index contributed by atoms with van der Waals surface area (Å²) in [5.74, 6) is 1.30. The normalized spacial score (nSPS) is 19.8. The van der Waals surface area contributed by atoms with Gasteiger partial charge in [-0.25, -0.2) is 9.97 Å². The van der Waals surface area contributed by atoms with E-state index in [9.17, 15) is 4.79 Å². The topological polar surface area (TPSA) is 112 Å². The number of carbonyl (C=O) groups is 1. The second kappa shape index (κ2) is 5.31. The number of nitrogens with two attached hydrogens (primary N) is 1. The van der Waals surface area contributed by atoms with Crippen LogP contribution in [0.5, 0.6) is 0 Å². The monoisotopic (exact) mass is 364 g/mol. The van der Waals surface area contributed by atoms with Crippen molar-refractivity contribution in [3.8, 4) is 11.3 Å². The van der Waals surface area contributed by atoms with Crippen LogP contribution in [0, 0.1) is 0 Å². The number of aromatic nitrogens is 4. The van der Waals surface area contributed by atoms with Crippen LogP contribution >= 0.6 is 0 Å². The van der Waals surface area contributed by atoms with E-state index in [1.165, 1.54) is 19.2 Å². The Kier molecular flexibility index (Phi) is 2.99. The van der Waals surface area contributed by atoms with Gasteiger partial charge in [0.1, 0.15) is 29.0 Å². The Labute approximate surface area is 155 Å². The molecule has 3 aromatic rings. The molecule has 2 fully saturated rings. The average Bonchev–Trinajstić information content (AvgIpc) is 3.11. The Balaban J connectivity index is 1.70. The molecule has 3 aromatic heterocycles. The molecule has 0 spiro atoms. The van der Waals surface area contributed by atoms with Crippen molar-refractivity contribution in [2.24, 2.45) is 0 Å². The molecule has 138 valence electrons. The highest BCUT2D eigenvalue weighted by Gasteiger charge is 2.39. The van der Waals surface area contributed by atoms with E-state index in [0.717, 1.165) is 48.0 Å². The molecule has 3 N–H and O–H groups in total. The van der Waals surface area contributed by atoms with Crippen LogP contribution in [0.1, 0.15) is 72.3 Å². The van der Waals surface area contributed by atoms with Crippen molar-refractivity contribution >= 4 is 22.8 Å². The largest absolute Gasteiger partial charge is 0.383 e. The predicted octanol–water partition coefficient (Wildman–Crippen LogP) is 2.90. The standard InChI is InChI=1S/C19H20N6O2/c20-17-13-12-11(25(10-3-1-2-4-10)18(13)23-8-22-17)7-21-19(26)14-15(12)24-27-16(14)9-5-6-9/h8-10H,1-7H2,(H,21,26)(H2,20,22,23). The SMILES string of the molecule is Nc1ncnc2c1c1c(n2C2CCCC2)CNC(=O)c2c-1noc2C1CC1. The lowest BCUT2D eigenvalue weighted by atomic mass is 10.0. The quantitative estimate of drug-likeness (QED) is 0.723. The first kappa shape index (κ1) is 15.2. The molecule has 2 saturated carbocycles. The summed E-state index contributed by atoms with van der Waals surface area (Å²) < 4.78 is 7.91. The summed E-state index contributed by atoms with van der Waals surface area (Å²) in [6.07, 6.45) is 8.20. The van der Waals surface area contributed by atoms with Crippen LogP contribution in [0.3, 0.4) is 0 Å². The van der Waals surface area contributed by atoms with E-state index in [2.05, 4.69) is 25.0 Å². The van der Waals surface area contributed by atoms with Crippen LogP contribution in [0.4, 0.5) is 5.82 Å². The lowest BCUT2D eigenvalue weighted by Crippen LogP contribution is -2.24. The highest BCUT2D eigenvalue weighted by Crippen LogP contribution is 2.48. The molecule has 0 atom stereocenters. The van der Waals surface area contributed by atoms with Gasteiger partial charge in [0.15, 0.2) is 5.76 Å². The molecule has 3 aliphatic rings. The first-order valence-corrected chi connectivity index (χ1v) is 9.65. The molecule has 6 rings (SSSR count). The van der Waals surface area contributed by atoms with E-state index in [4.69, 9.17) is 10.3 Å². The average molecular weight is 364 g/mol. The minimum absolute atomic E-state index is 0.120. The fourth-order valence-electron chi connectivity index (χ4n) is 4.76. The van der Waals surface area contributed by atoms with Crippen LogP contribution in [0.25, 0.3) is 22.3 Å². The van der Waals surface area contributed by atoms with Crippen molar-refractivity contribution in [3.05, 3.63) is 23.3 Å². The van der Waals surface area contributed by atoms with Gasteiger partial charge in [-0.05, 0) is 25.7 Å². The van der Waals surface area contributed by atoms with E-state index >= 15 is 0 Å². The van der Waals surface area contributed by atoms with Gasteiger partial charge in [0, 0.05) is 23.2 Å². The molecule has 4 heterocycles. The Morgan fingerprint density at radius 1 is 1.15 bits per heavy atom. The van der Waals surface area contributed by atoms with Gasteiger partial charge < -0.3 is 20.1 Å².